The first-order chi connectivity index (χ1) is 15.0. The molecule has 0 unspecified atom stereocenters. The molecule has 0 atom stereocenters. The molecule has 6 nitrogen and oxygen atoms in total. The van der Waals surface area contributed by atoms with Gasteiger partial charge in [0.2, 0.25) is 0 Å². The van der Waals surface area contributed by atoms with Crippen molar-refractivity contribution in [1.29, 1.82) is 0 Å². The fourth-order valence-electron chi connectivity index (χ4n) is 3.61. The highest BCUT2D eigenvalue weighted by Gasteiger charge is 2.22. The van der Waals surface area contributed by atoms with Gasteiger partial charge >= 0.3 is 5.97 Å². The molecule has 0 bridgehead atoms. The Bertz CT molecular complexity index is 1340. The average Bonchev–Trinajstić information content (AvgIpc) is 2.81. The predicted molar refractivity (Wildman–Crippen MR) is 120 cm³/mol. The molecule has 0 saturated heterocycles. The van der Waals surface area contributed by atoms with Gasteiger partial charge in [-0.3, -0.25) is 9.59 Å². The van der Waals surface area contributed by atoms with Gasteiger partial charge in [-0.05, 0) is 35.9 Å². The molecule has 6 heteroatoms. The second kappa shape index (κ2) is 8.28. The van der Waals surface area contributed by atoms with Gasteiger partial charge in [0.05, 0.1) is 18.2 Å². The monoisotopic (exact) mass is 412 g/mol. The molecule has 3 aromatic carbocycles. The number of carbonyl (C=O) groups is 2. The minimum atomic E-state index is -0.518. The van der Waals surface area contributed by atoms with Gasteiger partial charge in [0, 0.05) is 23.7 Å². The molecule has 1 N–H and O–H groups in total. The molecule has 4 rings (SSSR count). The Morgan fingerprint density at radius 2 is 1.52 bits per heavy atom. The van der Waals surface area contributed by atoms with Crippen molar-refractivity contribution in [3.63, 3.8) is 0 Å². The quantitative estimate of drug-likeness (QED) is 0.509. The van der Waals surface area contributed by atoms with E-state index < -0.39 is 11.9 Å². The third kappa shape index (κ3) is 3.71. The Hall–Kier alpha value is -4.19. The molecule has 1 heterocycles. The van der Waals surface area contributed by atoms with Crippen molar-refractivity contribution >= 4 is 28.5 Å². The molecule has 1 amide bonds. The summed E-state index contributed by atoms with van der Waals surface area (Å²) in [4.78, 5) is 38.1. The lowest BCUT2D eigenvalue weighted by Crippen LogP contribution is -2.29. The van der Waals surface area contributed by atoms with Crippen LogP contribution in [0.25, 0.3) is 22.0 Å². The van der Waals surface area contributed by atoms with Crippen molar-refractivity contribution in [2.75, 3.05) is 12.4 Å². The first-order valence-corrected chi connectivity index (χ1v) is 9.68. The van der Waals surface area contributed by atoms with Crippen molar-refractivity contribution in [3.05, 3.63) is 100 Å². The van der Waals surface area contributed by atoms with E-state index in [0.717, 1.165) is 16.5 Å². The Kier molecular flexibility index (Phi) is 5.37. The van der Waals surface area contributed by atoms with E-state index in [0.29, 0.717) is 16.8 Å². The van der Waals surface area contributed by atoms with E-state index in [1.807, 2.05) is 54.6 Å². The molecule has 0 aliphatic rings. The van der Waals surface area contributed by atoms with Gasteiger partial charge in [0.15, 0.2) is 0 Å². The number of rotatable bonds is 4. The van der Waals surface area contributed by atoms with Crippen molar-refractivity contribution in [2.24, 2.45) is 7.05 Å². The first kappa shape index (κ1) is 20.1. The number of methoxy groups -OCH3 is 1. The van der Waals surface area contributed by atoms with E-state index in [1.165, 1.54) is 11.7 Å². The van der Waals surface area contributed by atoms with Crippen LogP contribution in [-0.4, -0.2) is 23.6 Å². The normalized spacial score (nSPS) is 10.6. The number of hydrogen-bond acceptors (Lipinski definition) is 4. The molecular weight excluding hydrogens is 392 g/mol. The number of hydrogen-bond donors (Lipinski definition) is 1. The summed E-state index contributed by atoms with van der Waals surface area (Å²) in [6.45, 7) is 0. The number of anilines is 1. The minimum Gasteiger partial charge on any atom is -0.465 e. The standard InChI is InChI=1S/C25H20N2O4/c1-27-20-11-7-6-10-19(20)21(16-8-4-3-5-9-16)22(24(27)29)23(28)26-18-14-12-17(13-15-18)25(30)31-2/h3-15H,1-2H3,(H,26,28). The van der Waals surface area contributed by atoms with E-state index in [4.69, 9.17) is 4.74 Å². The van der Waals surface area contributed by atoms with Crippen LogP contribution in [0.4, 0.5) is 5.69 Å². The van der Waals surface area contributed by atoms with Crippen LogP contribution in [0.1, 0.15) is 20.7 Å². The lowest BCUT2D eigenvalue weighted by Gasteiger charge is -2.16. The molecule has 0 saturated carbocycles. The maximum atomic E-state index is 13.3. The molecule has 31 heavy (non-hydrogen) atoms. The van der Waals surface area contributed by atoms with Gasteiger partial charge in [-0.25, -0.2) is 4.79 Å². The van der Waals surface area contributed by atoms with Crippen LogP contribution in [0.5, 0.6) is 0 Å². The topological polar surface area (TPSA) is 77.4 Å². The fraction of sp³-hybridized carbons (Fsp3) is 0.0800. The summed E-state index contributed by atoms with van der Waals surface area (Å²) in [6, 6.07) is 23.2. The predicted octanol–water partition coefficient (Wildman–Crippen LogP) is 4.24. The Morgan fingerprint density at radius 3 is 2.19 bits per heavy atom. The van der Waals surface area contributed by atoms with Gasteiger partial charge in [0.25, 0.3) is 11.5 Å². The van der Waals surface area contributed by atoms with Gasteiger partial charge < -0.3 is 14.6 Å². The van der Waals surface area contributed by atoms with E-state index in [9.17, 15) is 14.4 Å². The number of ether oxygens (including phenoxy) is 1. The number of pyridine rings is 1. The molecule has 1 aromatic heterocycles. The lowest BCUT2D eigenvalue weighted by molar-refractivity contribution is 0.0600. The number of carbonyl (C=O) groups excluding carboxylic acids is 2. The molecular formula is C25H20N2O4. The molecule has 0 aliphatic carbocycles. The second-order valence-electron chi connectivity index (χ2n) is 7.02. The summed E-state index contributed by atoms with van der Waals surface area (Å²) >= 11 is 0. The van der Waals surface area contributed by atoms with Gasteiger partial charge in [-0.2, -0.15) is 0 Å². The minimum absolute atomic E-state index is 0.0597. The number of nitrogens with zero attached hydrogens (tertiary/aromatic N) is 1. The van der Waals surface area contributed by atoms with Crippen LogP contribution in [-0.2, 0) is 11.8 Å². The second-order valence-corrected chi connectivity index (χ2v) is 7.02. The van der Waals surface area contributed by atoms with Crippen molar-refractivity contribution in [2.45, 2.75) is 0 Å². The van der Waals surface area contributed by atoms with Crippen LogP contribution in [0, 0.1) is 0 Å². The number of esters is 1. The van der Waals surface area contributed by atoms with Crippen LogP contribution < -0.4 is 10.9 Å². The Morgan fingerprint density at radius 1 is 0.871 bits per heavy atom. The summed E-state index contributed by atoms with van der Waals surface area (Å²) in [6.07, 6.45) is 0. The Balaban J connectivity index is 1.85. The Labute approximate surface area is 178 Å². The van der Waals surface area contributed by atoms with Gasteiger partial charge in [-0.15, -0.1) is 0 Å². The third-order valence-corrected chi connectivity index (χ3v) is 5.16. The van der Waals surface area contributed by atoms with E-state index in [-0.39, 0.29) is 11.1 Å². The van der Waals surface area contributed by atoms with E-state index in [1.54, 1.807) is 31.3 Å². The zero-order chi connectivity index (χ0) is 22.0. The molecule has 0 spiro atoms. The summed E-state index contributed by atoms with van der Waals surface area (Å²) in [7, 11) is 2.96. The fourth-order valence-corrected chi connectivity index (χ4v) is 3.61. The molecule has 0 fully saturated rings. The highest BCUT2D eigenvalue weighted by atomic mass is 16.5. The number of aryl methyl sites for hydroxylation is 1. The maximum absolute atomic E-state index is 13.3. The van der Waals surface area contributed by atoms with Crippen molar-refractivity contribution < 1.29 is 14.3 Å². The van der Waals surface area contributed by atoms with Crippen LogP contribution in [0.3, 0.4) is 0 Å². The first-order valence-electron chi connectivity index (χ1n) is 9.68. The number of amides is 1. The molecule has 0 aliphatic heterocycles. The average molecular weight is 412 g/mol. The summed E-state index contributed by atoms with van der Waals surface area (Å²) in [5.74, 6) is -0.983. The SMILES string of the molecule is COC(=O)c1ccc(NC(=O)c2c(-c3ccccc3)c3ccccc3n(C)c2=O)cc1. The number of aromatic nitrogens is 1. The highest BCUT2D eigenvalue weighted by molar-refractivity contribution is 6.13. The van der Waals surface area contributed by atoms with Crippen LogP contribution in [0.15, 0.2) is 83.7 Å². The zero-order valence-corrected chi connectivity index (χ0v) is 17.1. The van der Waals surface area contributed by atoms with Gasteiger partial charge in [0.1, 0.15) is 5.56 Å². The van der Waals surface area contributed by atoms with Crippen molar-refractivity contribution in [1.82, 2.24) is 4.57 Å². The van der Waals surface area contributed by atoms with E-state index in [2.05, 4.69) is 5.32 Å². The summed E-state index contributed by atoms with van der Waals surface area (Å²) in [5, 5.41) is 3.59. The van der Waals surface area contributed by atoms with E-state index >= 15 is 0 Å². The van der Waals surface area contributed by atoms with Crippen LogP contribution >= 0.6 is 0 Å². The lowest BCUT2D eigenvalue weighted by atomic mass is 9.95. The summed E-state index contributed by atoms with van der Waals surface area (Å²) in [5.41, 5.74) is 2.61. The van der Waals surface area contributed by atoms with Crippen molar-refractivity contribution in [3.8, 4) is 11.1 Å². The summed E-state index contributed by atoms with van der Waals surface area (Å²) < 4.78 is 6.17. The number of fused-ring (bicyclic) bond motifs is 1. The van der Waals surface area contributed by atoms with Gasteiger partial charge in [-0.1, -0.05) is 48.5 Å². The van der Waals surface area contributed by atoms with Crippen LogP contribution in [0.2, 0.25) is 0 Å². The molecule has 154 valence electrons. The smallest absolute Gasteiger partial charge is 0.337 e. The molecule has 4 aromatic rings. The highest BCUT2D eigenvalue weighted by Crippen LogP contribution is 2.30. The maximum Gasteiger partial charge on any atom is 0.337 e. The number of nitrogens with one attached hydrogen (secondary N) is 1. The largest absolute Gasteiger partial charge is 0.465 e. The molecule has 0 radical (unpaired) electrons. The third-order valence-electron chi connectivity index (χ3n) is 5.16. The number of para-hydroxylation sites is 1. The zero-order valence-electron chi connectivity index (χ0n) is 17.1. The number of benzene rings is 3.